The molecule has 1 aliphatic rings. The number of benzene rings is 1. The van der Waals surface area contributed by atoms with E-state index in [0.29, 0.717) is 19.5 Å². The molecule has 1 aromatic carbocycles. The van der Waals surface area contributed by atoms with Gasteiger partial charge < -0.3 is 15.5 Å². The predicted octanol–water partition coefficient (Wildman–Crippen LogP) is 3.67. The van der Waals surface area contributed by atoms with E-state index in [1.807, 2.05) is 17.0 Å². The van der Waals surface area contributed by atoms with Crippen LogP contribution in [0.4, 0.5) is 0 Å². The Morgan fingerprint density at radius 1 is 1.15 bits per heavy atom. The maximum Gasteiger partial charge on any atom is 0.222 e. The Morgan fingerprint density at radius 3 is 2.58 bits per heavy atom. The first-order chi connectivity index (χ1) is 12.2. The highest BCUT2D eigenvalue weighted by Gasteiger charge is 2.20. The highest BCUT2D eigenvalue weighted by Crippen LogP contribution is 2.17. The van der Waals surface area contributed by atoms with Crippen LogP contribution in [0.2, 0.25) is 0 Å². The summed E-state index contributed by atoms with van der Waals surface area (Å²) < 4.78 is 0. The molecule has 2 N–H and O–H groups in total. The average Bonchev–Trinajstić information content (AvgIpc) is 3.02. The fourth-order valence-electron chi connectivity index (χ4n) is 3.03. The topological polar surface area (TPSA) is 56.7 Å². The van der Waals surface area contributed by atoms with Gasteiger partial charge in [0.1, 0.15) is 0 Å². The minimum absolute atomic E-state index is 0. The van der Waals surface area contributed by atoms with Gasteiger partial charge >= 0.3 is 0 Å². The first-order valence-electron chi connectivity index (χ1n) is 9.61. The summed E-state index contributed by atoms with van der Waals surface area (Å²) in [6.07, 6.45) is 5.28. The van der Waals surface area contributed by atoms with Gasteiger partial charge in [0.2, 0.25) is 5.91 Å². The van der Waals surface area contributed by atoms with Gasteiger partial charge in [0.15, 0.2) is 5.96 Å². The molecule has 26 heavy (non-hydrogen) atoms. The summed E-state index contributed by atoms with van der Waals surface area (Å²) in [6.45, 7) is 8.29. The summed E-state index contributed by atoms with van der Waals surface area (Å²) in [7, 11) is 0. The molecule has 1 aliphatic heterocycles. The smallest absolute Gasteiger partial charge is 0.222 e. The monoisotopic (exact) mass is 472 g/mol. The van der Waals surface area contributed by atoms with Crippen LogP contribution in [0.15, 0.2) is 29.3 Å². The van der Waals surface area contributed by atoms with Gasteiger partial charge in [-0.2, -0.15) is 0 Å². The lowest BCUT2D eigenvalue weighted by molar-refractivity contribution is -0.128. The molecule has 0 radical (unpaired) electrons. The minimum Gasteiger partial charge on any atom is -0.357 e. The number of rotatable bonds is 9. The summed E-state index contributed by atoms with van der Waals surface area (Å²) in [6, 6.07) is 8.30. The largest absolute Gasteiger partial charge is 0.357 e. The fourth-order valence-corrected chi connectivity index (χ4v) is 3.03. The number of carbonyl (C=O) groups excluding carboxylic acids is 1. The van der Waals surface area contributed by atoms with Gasteiger partial charge in [-0.25, -0.2) is 4.99 Å². The van der Waals surface area contributed by atoms with E-state index in [4.69, 9.17) is 4.99 Å². The van der Waals surface area contributed by atoms with E-state index in [1.165, 1.54) is 24.0 Å². The molecular formula is C20H33IN4O. The summed E-state index contributed by atoms with van der Waals surface area (Å²) in [5.74, 6) is 1.13. The second kappa shape index (κ2) is 12.9. The Labute approximate surface area is 175 Å². The van der Waals surface area contributed by atoms with E-state index >= 15 is 0 Å². The van der Waals surface area contributed by atoms with Crippen molar-refractivity contribution in [1.29, 1.82) is 0 Å². The number of hydrogen-bond acceptors (Lipinski definition) is 2. The summed E-state index contributed by atoms with van der Waals surface area (Å²) >= 11 is 0. The number of nitrogens with zero attached hydrogens (tertiary/aromatic N) is 2. The second-order valence-electron chi connectivity index (χ2n) is 6.52. The van der Waals surface area contributed by atoms with Gasteiger partial charge in [-0.1, -0.05) is 44.0 Å². The molecule has 6 heteroatoms. The van der Waals surface area contributed by atoms with Crippen molar-refractivity contribution in [2.75, 3.05) is 19.6 Å². The highest BCUT2D eigenvalue weighted by molar-refractivity contribution is 14.0. The SMILES string of the molecule is CCCCCNC(=NCc1ccccc1CN1CCCC1=O)NCC.I. The maximum absolute atomic E-state index is 11.9. The molecule has 1 heterocycles. The summed E-state index contributed by atoms with van der Waals surface area (Å²) in [5, 5.41) is 6.70. The van der Waals surface area contributed by atoms with Crippen molar-refractivity contribution in [3.05, 3.63) is 35.4 Å². The van der Waals surface area contributed by atoms with Crippen molar-refractivity contribution in [3.8, 4) is 0 Å². The highest BCUT2D eigenvalue weighted by atomic mass is 127. The van der Waals surface area contributed by atoms with Crippen LogP contribution in [-0.2, 0) is 17.9 Å². The predicted molar refractivity (Wildman–Crippen MR) is 119 cm³/mol. The molecule has 0 atom stereocenters. The molecule has 0 aromatic heterocycles. The van der Waals surface area contributed by atoms with Crippen LogP contribution in [0.1, 0.15) is 57.1 Å². The molecule has 0 aliphatic carbocycles. The van der Waals surface area contributed by atoms with Crippen LogP contribution in [-0.4, -0.2) is 36.4 Å². The van der Waals surface area contributed by atoms with E-state index in [9.17, 15) is 4.79 Å². The minimum atomic E-state index is 0. The average molecular weight is 472 g/mol. The first-order valence-corrected chi connectivity index (χ1v) is 9.61. The third kappa shape index (κ3) is 7.51. The molecular weight excluding hydrogens is 439 g/mol. The number of amides is 1. The number of aliphatic imine (C=N–C) groups is 1. The van der Waals surface area contributed by atoms with Crippen molar-refractivity contribution < 1.29 is 4.79 Å². The van der Waals surface area contributed by atoms with Crippen LogP contribution in [0.3, 0.4) is 0 Å². The number of carbonyl (C=O) groups is 1. The fraction of sp³-hybridized carbons (Fsp3) is 0.600. The third-order valence-electron chi connectivity index (χ3n) is 4.48. The lowest BCUT2D eigenvalue weighted by Crippen LogP contribution is -2.37. The molecule has 146 valence electrons. The molecule has 0 bridgehead atoms. The van der Waals surface area contributed by atoms with E-state index in [1.54, 1.807) is 0 Å². The Kier molecular flexibility index (Phi) is 11.3. The molecule has 1 aromatic rings. The van der Waals surface area contributed by atoms with Crippen molar-refractivity contribution in [2.24, 2.45) is 4.99 Å². The zero-order valence-electron chi connectivity index (χ0n) is 16.1. The van der Waals surface area contributed by atoms with Crippen molar-refractivity contribution in [1.82, 2.24) is 15.5 Å². The zero-order chi connectivity index (χ0) is 17.9. The molecule has 5 nitrogen and oxygen atoms in total. The number of likely N-dealkylation sites (tertiary alicyclic amines) is 1. The Balaban J connectivity index is 0.00000338. The van der Waals surface area contributed by atoms with Crippen LogP contribution in [0.25, 0.3) is 0 Å². The van der Waals surface area contributed by atoms with Gasteiger partial charge in [-0.3, -0.25) is 4.79 Å². The van der Waals surface area contributed by atoms with E-state index in [2.05, 4.69) is 36.6 Å². The number of hydrogen-bond donors (Lipinski definition) is 2. The van der Waals surface area contributed by atoms with E-state index in [0.717, 1.165) is 38.4 Å². The van der Waals surface area contributed by atoms with Gasteiger partial charge in [-0.05, 0) is 30.9 Å². The molecule has 1 fully saturated rings. The summed E-state index contributed by atoms with van der Waals surface area (Å²) in [4.78, 5) is 18.6. The molecule has 1 saturated heterocycles. The van der Waals surface area contributed by atoms with Crippen LogP contribution >= 0.6 is 24.0 Å². The number of unbranched alkanes of at least 4 members (excludes halogenated alkanes) is 2. The van der Waals surface area contributed by atoms with Crippen molar-refractivity contribution in [2.45, 2.75) is 59.0 Å². The lowest BCUT2D eigenvalue weighted by atomic mass is 10.1. The van der Waals surface area contributed by atoms with Crippen LogP contribution < -0.4 is 10.6 Å². The zero-order valence-corrected chi connectivity index (χ0v) is 18.4. The normalized spacial score (nSPS) is 14.3. The van der Waals surface area contributed by atoms with Gasteiger partial charge in [-0.15, -0.1) is 24.0 Å². The first kappa shape index (κ1) is 22.7. The standard InChI is InChI=1S/C20H32N4O.HI/c1-3-5-8-13-22-20(21-4-2)23-15-17-10-6-7-11-18(17)16-24-14-9-12-19(24)25;/h6-7,10-11H,3-5,8-9,12-16H2,1-2H3,(H2,21,22,23);1H. The number of nitrogens with one attached hydrogen (secondary N) is 2. The van der Waals surface area contributed by atoms with Crippen LogP contribution in [0, 0.1) is 0 Å². The Hall–Kier alpha value is -1.31. The molecule has 0 unspecified atom stereocenters. The summed E-state index contributed by atoms with van der Waals surface area (Å²) in [5.41, 5.74) is 2.39. The number of guanidine groups is 1. The Bertz CT molecular complexity index is 577. The van der Waals surface area contributed by atoms with Gasteiger partial charge in [0.05, 0.1) is 6.54 Å². The lowest BCUT2D eigenvalue weighted by Gasteiger charge is -2.18. The maximum atomic E-state index is 11.9. The van der Waals surface area contributed by atoms with E-state index < -0.39 is 0 Å². The molecule has 0 saturated carbocycles. The van der Waals surface area contributed by atoms with Gasteiger partial charge in [0, 0.05) is 32.6 Å². The van der Waals surface area contributed by atoms with Crippen molar-refractivity contribution >= 4 is 35.8 Å². The third-order valence-corrected chi connectivity index (χ3v) is 4.48. The Morgan fingerprint density at radius 2 is 1.92 bits per heavy atom. The van der Waals surface area contributed by atoms with Crippen LogP contribution in [0.5, 0.6) is 0 Å². The molecule has 2 rings (SSSR count). The molecule has 0 spiro atoms. The quantitative estimate of drug-likeness (QED) is 0.250. The second-order valence-corrected chi connectivity index (χ2v) is 6.52. The molecule has 1 amide bonds. The van der Waals surface area contributed by atoms with Gasteiger partial charge in [0.25, 0.3) is 0 Å². The van der Waals surface area contributed by atoms with Crippen molar-refractivity contribution in [3.63, 3.8) is 0 Å². The number of halogens is 1. The van der Waals surface area contributed by atoms with E-state index in [-0.39, 0.29) is 29.9 Å².